The minimum absolute atomic E-state index is 0.293. The van der Waals surface area contributed by atoms with Crippen molar-refractivity contribution in [1.29, 1.82) is 0 Å². The van der Waals surface area contributed by atoms with E-state index in [-0.39, 0.29) is 12.5 Å². The van der Waals surface area contributed by atoms with Gasteiger partial charge in [-0.3, -0.25) is 14.2 Å². The highest BCUT2D eigenvalue weighted by Gasteiger charge is 2.19. The molecular weight excluding hydrogens is 346 g/mol. The van der Waals surface area contributed by atoms with Crippen LogP contribution < -0.4 is 11.2 Å². The first-order chi connectivity index (χ1) is 12.7. The molecular formula is C19H23N5O3. The fourth-order valence-corrected chi connectivity index (χ4v) is 3.16. The highest BCUT2D eigenvalue weighted by atomic mass is 16.2. The average molecular weight is 369 g/mol. The minimum Gasteiger partial charge on any atom is -0.340 e. The first kappa shape index (κ1) is 18.6. The maximum atomic E-state index is 12.7. The molecule has 2 aromatic heterocycles. The molecule has 3 rings (SSSR count). The number of benzene rings is 1. The van der Waals surface area contributed by atoms with E-state index in [1.165, 1.54) is 22.8 Å². The Kier molecular flexibility index (Phi) is 4.73. The van der Waals surface area contributed by atoms with Crippen LogP contribution in [0.4, 0.5) is 0 Å². The van der Waals surface area contributed by atoms with E-state index in [0.717, 1.165) is 21.3 Å². The molecule has 1 amide bonds. The van der Waals surface area contributed by atoms with Crippen LogP contribution in [0.3, 0.4) is 0 Å². The van der Waals surface area contributed by atoms with Crippen LogP contribution >= 0.6 is 0 Å². The summed E-state index contributed by atoms with van der Waals surface area (Å²) in [6.07, 6.45) is 1.48. The van der Waals surface area contributed by atoms with E-state index in [0.29, 0.717) is 17.7 Å². The third kappa shape index (κ3) is 3.30. The summed E-state index contributed by atoms with van der Waals surface area (Å²) in [6, 6.07) is 6.04. The molecule has 8 nitrogen and oxygen atoms in total. The second kappa shape index (κ2) is 6.86. The quantitative estimate of drug-likeness (QED) is 0.678. The molecule has 0 atom stereocenters. The van der Waals surface area contributed by atoms with Gasteiger partial charge in [0.25, 0.3) is 5.56 Å². The topological polar surface area (TPSA) is 82.1 Å². The van der Waals surface area contributed by atoms with Crippen molar-refractivity contribution in [2.24, 2.45) is 14.1 Å². The number of carbonyl (C=O) groups is 1. The Hall–Kier alpha value is -3.16. The zero-order chi connectivity index (χ0) is 19.9. The predicted molar refractivity (Wildman–Crippen MR) is 103 cm³/mol. The maximum absolute atomic E-state index is 12.7. The van der Waals surface area contributed by atoms with Crippen molar-refractivity contribution in [3.63, 3.8) is 0 Å². The van der Waals surface area contributed by atoms with Crippen molar-refractivity contribution < 1.29 is 4.79 Å². The van der Waals surface area contributed by atoms with Crippen LogP contribution in [0.25, 0.3) is 11.2 Å². The second-order valence-corrected chi connectivity index (χ2v) is 6.94. The van der Waals surface area contributed by atoms with E-state index in [2.05, 4.69) is 11.1 Å². The van der Waals surface area contributed by atoms with Crippen LogP contribution in [-0.4, -0.2) is 36.5 Å². The number of nitrogens with zero attached hydrogens (tertiary/aromatic N) is 5. The fraction of sp³-hybridized carbons (Fsp3) is 0.368. The summed E-state index contributed by atoms with van der Waals surface area (Å²) in [6.45, 7) is 4.11. The van der Waals surface area contributed by atoms with Gasteiger partial charge >= 0.3 is 5.69 Å². The number of imidazole rings is 1. The summed E-state index contributed by atoms with van der Waals surface area (Å²) in [7, 11) is 4.89. The largest absolute Gasteiger partial charge is 0.340 e. The molecule has 1 aromatic carbocycles. The van der Waals surface area contributed by atoms with Crippen LogP contribution in [0.2, 0.25) is 0 Å². The molecule has 0 aliphatic rings. The molecule has 0 aliphatic carbocycles. The zero-order valence-electron chi connectivity index (χ0n) is 16.2. The first-order valence-corrected chi connectivity index (χ1v) is 8.61. The minimum atomic E-state index is -0.556. The number of amides is 1. The van der Waals surface area contributed by atoms with Crippen LogP contribution in [0, 0.1) is 13.8 Å². The summed E-state index contributed by atoms with van der Waals surface area (Å²) >= 11 is 0. The molecule has 27 heavy (non-hydrogen) atoms. The van der Waals surface area contributed by atoms with Gasteiger partial charge < -0.3 is 9.47 Å². The highest BCUT2D eigenvalue weighted by Crippen LogP contribution is 2.12. The van der Waals surface area contributed by atoms with E-state index in [1.54, 1.807) is 18.7 Å². The molecule has 0 saturated carbocycles. The molecule has 2 heterocycles. The molecule has 0 fully saturated rings. The van der Waals surface area contributed by atoms with E-state index in [1.807, 2.05) is 26.0 Å². The van der Waals surface area contributed by atoms with Gasteiger partial charge in [-0.15, -0.1) is 0 Å². The van der Waals surface area contributed by atoms with Gasteiger partial charge in [-0.1, -0.05) is 23.8 Å². The Morgan fingerprint density at radius 3 is 2.56 bits per heavy atom. The van der Waals surface area contributed by atoms with Crippen molar-refractivity contribution in [2.45, 2.75) is 26.9 Å². The number of fused-ring (bicyclic) bond motifs is 1. The monoisotopic (exact) mass is 369 g/mol. The maximum Gasteiger partial charge on any atom is 0.332 e. The van der Waals surface area contributed by atoms with E-state index < -0.39 is 11.2 Å². The van der Waals surface area contributed by atoms with Gasteiger partial charge in [-0.25, -0.2) is 14.3 Å². The lowest BCUT2D eigenvalue weighted by Gasteiger charge is -2.19. The van der Waals surface area contributed by atoms with Crippen LogP contribution in [0.1, 0.15) is 16.7 Å². The van der Waals surface area contributed by atoms with Gasteiger partial charge in [0.2, 0.25) is 5.91 Å². The van der Waals surface area contributed by atoms with Gasteiger partial charge in [0.05, 0.1) is 6.33 Å². The molecule has 3 aromatic rings. The van der Waals surface area contributed by atoms with Crippen molar-refractivity contribution in [3.05, 3.63) is 62.1 Å². The summed E-state index contributed by atoms with van der Waals surface area (Å²) < 4.78 is 3.80. The Balaban J connectivity index is 1.90. The fourth-order valence-electron chi connectivity index (χ4n) is 3.16. The molecule has 0 bridgehead atoms. The Morgan fingerprint density at radius 1 is 1.19 bits per heavy atom. The number of likely N-dealkylation sites (N-methyl/N-ethyl adjacent to an activating group) is 1. The number of aryl methyl sites for hydroxylation is 4. The average Bonchev–Trinajstić information content (AvgIpc) is 3.00. The molecule has 0 spiro atoms. The lowest BCUT2D eigenvalue weighted by molar-refractivity contribution is -0.131. The third-order valence-corrected chi connectivity index (χ3v) is 4.83. The number of hydrogen-bond donors (Lipinski definition) is 0. The number of aromatic nitrogens is 4. The SMILES string of the molecule is Cc1ccc(CN(C)C(=O)Cn2c(=O)c3c(ncn3C)n(C)c2=O)c(C)c1. The van der Waals surface area contributed by atoms with E-state index in [9.17, 15) is 14.4 Å². The van der Waals surface area contributed by atoms with Crippen molar-refractivity contribution in [3.8, 4) is 0 Å². The summed E-state index contributed by atoms with van der Waals surface area (Å²) in [4.78, 5) is 43.5. The molecule has 142 valence electrons. The smallest absolute Gasteiger partial charge is 0.332 e. The summed E-state index contributed by atoms with van der Waals surface area (Å²) in [5, 5.41) is 0. The van der Waals surface area contributed by atoms with Crippen LogP contribution in [0.5, 0.6) is 0 Å². The van der Waals surface area contributed by atoms with Gasteiger partial charge in [-0.05, 0) is 25.0 Å². The molecule has 0 saturated heterocycles. The summed E-state index contributed by atoms with van der Waals surface area (Å²) in [5.41, 5.74) is 2.81. The lowest BCUT2D eigenvalue weighted by Crippen LogP contribution is -2.43. The third-order valence-electron chi connectivity index (χ3n) is 4.83. The summed E-state index contributed by atoms with van der Waals surface area (Å²) in [5.74, 6) is -0.310. The van der Waals surface area contributed by atoms with Crippen molar-refractivity contribution >= 4 is 17.1 Å². The second-order valence-electron chi connectivity index (χ2n) is 6.94. The first-order valence-electron chi connectivity index (χ1n) is 8.61. The van der Waals surface area contributed by atoms with E-state index in [4.69, 9.17) is 0 Å². The Morgan fingerprint density at radius 2 is 1.89 bits per heavy atom. The van der Waals surface area contributed by atoms with Crippen molar-refractivity contribution in [2.75, 3.05) is 7.05 Å². The highest BCUT2D eigenvalue weighted by molar-refractivity contribution is 5.76. The Labute approximate surface area is 156 Å². The number of carbonyl (C=O) groups excluding carboxylic acids is 1. The standard InChI is InChI=1S/C19H23N5O3/c1-12-6-7-14(13(2)8-12)9-21(3)15(25)10-24-18(26)16-17(20-11-22(16)4)23(5)19(24)27/h6-8,11H,9-10H2,1-5H3. The van der Waals surface area contributed by atoms with Gasteiger partial charge in [-0.2, -0.15) is 0 Å². The molecule has 0 radical (unpaired) electrons. The number of rotatable bonds is 4. The molecule has 0 unspecified atom stereocenters. The van der Waals surface area contributed by atoms with Gasteiger partial charge in [0, 0.05) is 27.7 Å². The predicted octanol–water partition coefficient (Wildman–Crippen LogP) is 0.709. The molecule has 8 heteroatoms. The normalized spacial score (nSPS) is 11.1. The lowest BCUT2D eigenvalue weighted by atomic mass is 10.1. The van der Waals surface area contributed by atoms with Crippen LogP contribution in [0.15, 0.2) is 34.1 Å². The molecule has 0 N–H and O–H groups in total. The van der Waals surface area contributed by atoms with E-state index >= 15 is 0 Å². The van der Waals surface area contributed by atoms with Crippen molar-refractivity contribution in [1.82, 2.24) is 23.6 Å². The molecule has 0 aliphatic heterocycles. The Bertz CT molecular complexity index is 1150. The zero-order valence-corrected chi connectivity index (χ0v) is 16.2. The van der Waals surface area contributed by atoms with Gasteiger partial charge in [0.1, 0.15) is 6.54 Å². The number of hydrogen-bond acceptors (Lipinski definition) is 4. The van der Waals surface area contributed by atoms with Gasteiger partial charge in [0.15, 0.2) is 11.2 Å². The van der Waals surface area contributed by atoms with Crippen LogP contribution in [-0.2, 0) is 32.0 Å².